The Morgan fingerprint density at radius 1 is 1.03 bits per heavy atom. The molecule has 35 heavy (non-hydrogen) atoms. The highest BCUT2D eigenvalue weighted by Gasteiger charge is 2.28. The van der Waals surface area contributed by atoms with Crippen molar-refractivity contribution in [2.45, 2.75) is 57.8 Å². The van der Waals surface area contributed by atoms with Crippen LogP contribution in [0.4, 0.5) is 4.79 Å². The maximum atomic E-state index is 12.9. The van der Waals surface area contributed by atoms with Gasteiger partial charge >= 0.3 is 12.1 Å². The highest BCUT2D eigenvalue weighted by molar-refractivity contribution is 5.82. The highest BCUT2D eigenvalue weighted by Crippen LogP contribution is 2.20. The number of likely N-dealkylation sites (tertiary alicyclic amines) is 1. The molecule has 0 radical (unpaired) electrons. The highest BCUT2D eigenvalue weighted by atomic mass is 16.5. The van der Waals surface area contributed by atoms with Crippen LogP contribution >= 0.6 is 0 Å². The fourth-order valence-electron chi connectivity index (χ4n) is 4.44. The Morgan fingerprint density at radius 3 is 2.20 bits per heavy atom. The summed E-state index contributed by atoms with van der Waals surface area (Å²) in [6.07, 6.45) is 1.02. The predicted molar refractivity (Wildman–Crippen MR) is 133 cm³/mol. The number of carbonyl (C=O) groups is 3. The number of alkyl carbamates (subject to hydrolysis) is 1. The van der Waals surface area contributed by atoms with Crippen LogP contribution in [0.3, 0.4) is 0 Å². The van der Waals surface area contributed by atoms with Crippen LogP contribution < -0.4 is 5.32 Å². The minimum atomic E-state index is -1.19. The fraction of sp³-hybridized carbons (Fsp3) is 0.444. The van der Waals surface area contributed by atoms with Crippen molar-refractivity contribution in [3.05, 3.63) is 71.8 Å². The van der Waals surface area contributed by atoms with Crippen LogP contribution in [-0.2, 0) is 27.5 Å². The first-order chi connectivity index (χ1) is 17.0. The molecule has 1 aliphatic heterocycles. The fourth-order valence-corrected chi connectivity index (χ4v) is 4.44. The van der Waals surface area contributed by atoms with Crippen molar-refractivity contribution >= 4 is 18.0 Å². The lowest BCUT2D eigenvalue weighted by atomic mass is 10.0. The topological polar surface area (TPSA) is 99.2 Å². The van der Waals surface area contributed by atoms with Crippen LogP contribution in [0.5, 0.6) is 0 Å². The molecule has 3 rings (SSSR count). The van der Waals surface area contributed by atoms with E-state index in [1.807, 2.05) is 60.4 Å². The van der Waals surface area contributed by atoms with Gasteiger partial charge in [0.05, 0.1) is 0 Å². The van der Waals surface area contributed by atoms with Gasteiger partial charge in [0, 0.05) is 38.6 Å². The van der Waals surface area contributed by atoms with E-state index in [4.69, 9.17) is 4.74 Å². The molecular formula is C27H35N3O5. The normalized spacial score (nSPS) is 15.2. The molecule has 1 aliphatic rings. The Morgan fingerprint density at radius 2 is 1.63 bits per heavy atom. The third-order valence-electron chi connectivity index (χ3n) is 6.36. The predicted octanol–water partition coefficient (Wildman–Crippen LogP) is 3.66. The van der Waals surface area contributed by atoms with Gasteiger partial charge in [0.2, 0.25) is 5.91 Å². The Balaban J connectivity index is 1.44. The number of carbonyl (C=O) groups excluding carboxylic acids is 2. The summed E-state index contributed by atoms with van der Waals surface area (Å²) >= 11 is 0. The molecule has 2 N–H and O–H groups in total. The van der Waals surface area contributed by atoms with Gasteiger partial charge < -0.3 is 20.1 Å². The third-order valence-corrected chi connectivity index (χ3v) is 6.36. The lowest BCUT2D eigenvalue weighted by Gasteiger charge is -2.38. The Bertz CT molecular complexity index is 946. The number of ether oxygens (including phenoxy) is 1. The summed E-state index contributed by atoms with van der Waals surface area (Å²) in [4.78, 5) is 40.9. The maximum Gasteiger partial charge on any atom is 0.408 e. The van der Waals surface area contributed by atoms with Gasteiger partial charge in [-0.25, -0.2) is 9.59 Å². The van der Waals surface area contributed by atoms with E-state index in [9.17, 15) is 19.5 Å². The molecule has 0 saturated carbocycles. The zero-order chi connectivity index (χ0) is 25.0. The van der Waals surface area contributed by atoms with Gasteiger partial charge in [-0.15, -0.1) is 0 Å². The number of hydrogen-bond acceptors (Lipinski definition) is 5. The number of hydrogen-bond donors (Lipinski definition) is 2. The number of carboxylic acids is 1. The molecule has 8 nitrogen and oxygen atoms in total. The zero-order valence-corrected chi connectivity index (χ0v) is 20.3. The van der Waals surface area contributed by atoms with Crippen LogP contribution in [0, 0.1) is 0 Å². The Hall–Kier alpha value is -3.39. The monoisotopic (exact) mass is 481 g/mol. The summed E-state index contributed by atoms with van der Waals surface area (Å²) in [6.45, 7) is 5.30. The van der Waals surface area contributed by atoms with E-state index < -0.39 is 18.1 Å². The number of nitrogens with one attached hydrogen (secondary N) is 1. The number of rotatable bonds is 11. The molecule has 2 amide bonds. The summed E-state index contributed by atoms with van der Waals surface area (Å²) in [6, 6.07) is 18.4. The lowest BCUT2D eigenvalue weighted by molar-refractivity contribution is -0.140. The van der Waals surface area contributed by atoms with Crippen molar-refractivity contribution < 1.29 is 24.2 Å². The molecule has 8 heteroatoms. The summed E-state index contributed by atoms with van der Waals surface area (Å²) in [5.41, 5.74) is 2.09. The molecule has 1 saturated heterocycles. The minimum absolute atomic E-state index is 0.0119. The smallest absolute Gasteiger partial charge is 0.408 e. The van der Waals surface area contributed by atoms with E-state index >= 15 is 0 Å². The van der Waals surface area contributed by atoms with Gasteiger partial charge in [-0.3, -0.25) is 9.69 Å². The van der Waals surface area contributed by atoms with Crippen LogP contribution in [0.2, 0.25) is 0 Å². The van der Waals surface area contributed by atoms with Gasteiger partial charge in [0.1, 0.15) is 12.6 Å². The van der Waals surface area contributed by atoms with Crippen molar-refractivity contribution in [2.75, 3.05) is 19.6 Å². The quantitative estimate of drug-likeness (QED) is 0.508. The van der Waals surface area contributed by atoms with Gasteiger partial charge in [0.15, 0.2) is 0 Å². The SMILES string of the molecule is CCN(C(=O)CCC(NC(=O)OCc1ccccc1)C(=O)O)C1CCN(Cc2ccccc2)CC1. The third kappa shape index (κ3) is 8.40. The van der Waals surface area contributed by atoms with E-state index in [1.54, 1.807) is 0 Å². The zero-order valence-electron chi connectivity index (χ0n) is 20.3. The number of nitrogens with zero attached hydrogens (tertiary/aromatic N) is 2. The van der Waals surface area contributed by atoms with Crippen LogP contribution in [0.25, 0.3) is 0 Å². The summed E-state index contributed by atoms with van der Waals surface area (Å²) in [5.74, 6) is -1.27. The number of carboxylic acid groups (broad SMARTS) is 1. The summed E-state index contributed by atoms with van der Waals surface area (Å²) < 4.78 is 5.12. The number of amides is 2. The number of aliphatic carboxylic acids is 1. The molecule has 2 aromatic carbocycles. The molecule has 0 spiro atoms. The molecule has 0 aliphatic carbocycles. The molecule has 0 bridgehead atoms. The van der Waals surface area contributed by atoms with E-state index in [2.05, 4.69) is 22.3 Å². The first-order valence-corrected chi connectivity index (χ1v) is 12.2. The van der Waals surface area contributed by atoms with Gasteiger partial charge in [0.25, 0.3) is 0 Å². The first-order valence-electron chi connectivity index (χ1n) is 12.2. The molecule has 2 aromatic rings. The van der Waals surface area contributed by atoms with Crippen LogP contribution in [-0.4, -0.2) is 64.6 Å². The Labute approximate surface area is 206 Å². The van der Waals surface area contributed by atoms with E-state index in [0.717, 1.165) is 38.0 Å². The molecule has 0 aromatic heterocycles. The van der Waals surface area contributed by atoms with Gasteiger partial charge in [-0.1, -0.05) is 60.7 Å². The van der Waals surface area contributed by atoms with Gasteiger partial charge in [-0.2, -0.15) is 0 Å². The van der Waals surface area contributed by atoms with E-state index in [-0.39, 0.29) is 31.4 Å². The van der Waals surface area contributed by atoms with Crippen molar-refractivity contribution in [3.8, 4) is 0 Å². The molecule has 1 atom stereocenters. The minimum Gasteiger partial charge on any atom is -0.480 e. The summed E-state index contributed by atoms with van der Waals surface area (Å²) in [5, 5.41) is 11.9. The average molecular weight is 482 g/mol. The van der Waals surface area contributed by atoms with E-state index in [1.165, 1.54) is 5.56 Å². The van der Waals surface area contributed by atoms with Crippen LogP contribution in [0.15, 0.2) is 60.7 Å². The largest absolute Gasteiger partial charge is 0.480 e. The molecule has 1 unspecified atom stereocenters. The number of piperidine rings is 1. The van der Waals surface area contributed by atoms with E-state index in [0.29, 0.717) is 6.54 Å². The first kappa shape index (κ1) is 26.2. The second-order valence-electron chi connectivity index (χ2n) is 8.81. The molecule has 1 fully saturated rings. The van der Waals surface area contributed by atoms with Gasteiger partial charge in [-0.05, 0) is 37.3 Å². The Kier molecular flexibility index (Phi) is 10.1. The second-order valence-corrected chi connectivity index (χ2v) is 8.81. The van der Waals surface area contributed by atoms with Crippen LogP contribution in [0.1, 0.15) is 43.7 Å². The molecule has 1 heterocycles. The number of benzene rings is 2. The van der Waals surface area contributed by atoms with Crippen molar-refractivity contribution in [3.63, 3.8) is 0 Å². The second kappa shape index (κ2) is 13.5. The molecule has 188 valence electrons. The summed E-state index contributed by atoms with van der Waals surface area (Å²) in [7, 11) is 0. The standard InChI is InChI=1S/C27H35N3O5/c1-2-30(23-15-17-29(18-16-23)19-21-9-5-3-6-10-21)25(31)14-13-24(26(32)33)28-27(34)35-20-22-11-7-4-8-12-22/h3-12,23-24H,2,13-20H2,1H3,(H,28,34)(H,32,33). The van der Waals surface area contributed by atoms with Crippen molar-refractivity contribution in [2.24, 2.45) is 0 Å². The average Bonchev–Trinajstić information content (AvgIpc) is 2.88. The lowest BCUT2D eigenvalue weighted by Crippen LogP contribution is -2.48. The van der Waals surface area contributed by atoms with Crippen molar-refractivity contribution in [1.29, 1.82) is 0 Å². The van der Waals surface area contributed by atoms with Crippen molar-refractivity contribution in [1.82, 2.24) is 15.1 Å². The maximum absolute atomic E-state index is 12.9. The molecular weight excluding hydrogens is 446 g/mol.